The van der Waals surface area contributed by atoms with Crippen LogP contribution in [0.4, 0.5) is 11.4 Å². The smallest absolute Gasteiger partial charge is 0.251 e. The van der Waals surface area contributed by atoms with Crippen molar-refractivity contribution in [3.63, 3.8) is 0 Å². The van der Waals surface area contributed by atoms with Gasteiger partial charge < -0.3 is 21.3 Å². The van der Waals surface area contributed by atoms with Crippen LogP contribution in [0.1, 0.15) is 30.1 Å². The number of benzene rings is 1. The van der Waals surface area contributed by atoms with E-state index in [4.69, 9.17) is 5.73 Å². The molecule has 1 fully saturated rings. The summed E-state index contributed by atoms with van der Waals surface area (Å²) in [7, 11) is 3.77. The van der Waals surface area contributed by atoms with E-state index in [-0.39, 0.29) is 17.9 Å². The molecule has 1 aromatic rings. The molecule has 0 saturated heterocycles. The largest absolute Gasteiger partial charge is 0.397 e. The van der Waals surface area contributed by atoms with Crippen molar-refractivity contribution in [2.24, 2.45) is 0 Å². The number of carbonyl (C=O) groups is 2. The van der Waals surface area contributed by atoms with Crippen LogP contribution in [-0.2, 0) is 4.79 Å². The summed E-state index contributed by atoms with van der Waals surface area (Å²) >= 11 is 0. The Morgan fingerprint density at radius 2 is 2.00 bits per heavy atom. The fraction of sp³-hybridized carbons (Fsp3) is 0.467. The van der Waals surface area contributed by atoms with Crippen molar-refractivity contribution in [1.29, 1.82) is 0 Å². The van der Waals surface area contributed by atoms with E-state index in [0.29, 0.717) is 11.3 Å². The van der Waals surface area contributed by atoms with Crippen LogP contribution in [0, 0.1) is 0 Å². The third-order valence-corrected chi connectivity index (χ3v) is 3.44. The standard InChI is InChI=1S/C15H22N4O2/c1-9(14(20)18-11-5-6-11)17-15(21)10-4-7-13(19(2)3)12(16)8-10/h4,7-9,11H,5-6,16H2,1-3H3,(H,17,21)(H,18,20). The molecule has 1 aliphatic carbocycles. The minimum Gasteiger partial charge on any atom is -0.397 e. The van der Waals surface area contributed by atoms with E-state index in [1.54, 1.807) is 25.1 Å². The Kier molecular flexibility index (Phi) is 4.35. The number of nitrogen functional groups attached to an aromatic ring is 1. The average molecular weight is 290 g/mol. The van der Waals surface area contributed by atoms with Gasteiger partial charge >= 0.3 is 0 Å². The molecule has 4 N–H and O–H groups in total. The highest BCUT2D eigenvalue weighted by Crippen LogP contribution is 2.22. The van der Waals surface area contributed by atoms with Gasteiger partial charge in [0.25, 0.3) is 5.91 Å². The van der Waals surface area contributed by atoms with Gasteiger partial charge in [-0.25, -0.2) is 0 Å². The Morgan fingerprint density at radius 3 is 2.52 bits per heavy atom. The van der Waals surface area contributed by atoms with Gasteiger partial charge in [-0.2, -0.15) is 0 Å². The van der Waals surface area contributed by atoms with Crippen LogP contribution in [-0.4, -0.2) is 38.0 Å². The zero-order chi connectivity index (χ0) is 15.6. The highest BCUT2D eigenvalue weighted by Gasteiger charge is 2.26. The van der Waals surface area contributed by atoms with Crippen molar-refractivity contribution in [2.75, 3.05) is 24.7 Å². The topological polar surface area (TPSA) is 87.5 Å². The maximum Gasteiger partial charge on any atom is 0.251 e. The van der Waals surface area contributed by atoms with Gasteiger partial charge in [-0.3, -0.25) is 9.59 Å². The zero-order valence-corrected chi connectivity index (χ0v) is 12.6. The summed E-state index contributed by atoms with van der Waals surface area (Å²) in [6.45, 7) is 1.67. The second-order valence-electron chi connectivity index (χ2n) is 5.65. The molecule has 0 radical (unpaired) electrons. The minimum absolute atomic E-state index is 0.149. The average Bonchev–Trinajstić information content (AvgIpc) is 3.21. The van der Waals surface area contributed by atoms with Crippen LogP contribution >= 0.6 is 0 Å². The molecule has 0 spiro atoms. The van der Waals surface area contributed by atoms with Crippen molar-refractivity contribution < 1.29 is 9.59 Å². The van der Waals surface area contributed by atoms with Gasteiger partial charge in [0.2, 0.25) is 5.91 Å². The van der Waals surface area contributed by atoms with E-state index < -0.39 is 6.04 Å². The van der Waals surface area contributed by atoms with E-state index >= 15 is 0 Å². The summed E-state index contributed by atoms with van der Waals surface area (Å²) in [5.74, 6) is -0.450. The first-order valence-electron chi connectivity index (χ1n) is 7.06. The van der Waals surface area contributed by atoms with Crippen LogP contribution in [0.3, 0.4) is 0 Å². The Bertz CT molecular complexity index is 553. The van der Waals surface area contributed by atoms with Gasteiger partial charge in [-0.05, 0) is 38.0 Å². The Hall–Kier alpha value is -2.24. The van der Waals surface area contributed by atoms with Crippen molar-refractivity contribution in [3.05, 3.63) is 23.8 Å². The lowest BCUT2D eigenvalue weighted by molar-refractivity contribution is -0.122. The molecular weight excluding hydrogens is 268 g/mol. The Morgan fingerprint density at radius 1 is 1.33 bits per heavy atom. The van der Waals surface area contributed by atoms with Gasteiger partial charge in [0.15, 0.2) is 0 Å². The Balaban J connectivity index is 1.99. The first kappa shape index (κ1) is 15.2. The lowest BCUT2D eigenvalue weighted by Gasteiger charge is -2.17. The van der Waals surface area contributed by atoms with E-state index in [1.165, 1.54) is 0 Å². The van der Waals surface area contributed by atoms with Crippen LogP contribution in [0.25, 0.3) is 0 Å². The predicted molar refractivity (Wildman–Crippen MR) is 83.3 cm³/mol. The maximum atomic E-state index is 12.1. The third-order valence-electron chi connectivity index (χ3n) is 3.44. The third kappa shape index (κ3) is 3.87. The maximum absolute atomic E-state index is 12.1. The summed E-state index contributed by atoms with van der Waals surface area (Å²) in [5.41, 5.74) is 7.76. The second kappa shape index (κ2) is 6.03. The number of carbonyl (C=O) groups excluding carboxylic acids is 2. The van der Waals surface area contributed by atoms with E-state index in [2.05, 4.69) is 10.6 Å². The lowest BCUT2D eigenvalue weighted by atomic mass is 10.1. The molecule has 0 bridgehead atoms. The van der Waals surface area contributed by atoms with Crippen LogP contribution in [0.5, 0.6) is 0 Å². The predicted octanol–water partition coefficient (Wildman–Crippen LogP) is 0.732. The summed E-state index contributed by atoms with van der Waals surface area (Å²) in [4.78, 5) is 25.8. The number of rotatable bonds is 5. The van der Waals surface area contributed by atoms with E-state index in [9.17, 15) is 9.59 Å². The number of amides is 2. The minimum atomic E-state index is -0.562. The molecule has 1 aliphatic rings. The molecule has 1 aromatic carbocycles. The SMILES string of the molecule is CC(NC(=O)c1ccc(N(C)C)c(N)c1)C(=O)NC1CC1. The summed E-state index contributed by atoms with van der Waals surface area (Å²) in [5, 5.41) is 5.55. The van der Waals surface area contributed by atoms with Crippen molar-refractivity contribution in [2.45, 2.75) is 31.8 Å². The van der Waals surface area contributed by atoms with Crippen molar-refractivity contribution in [3.8, 4) is 0 Å². The summed E-state index contributed by atoms with van der Waals surface area (Å²) in [6.07, 6.45) is 2.05. The fourth-order valence-electron chi connectivity index (χ4n) is 2.00. The van der Waals surface area contributed by atoms with Crippen molar-refractivity contribution in [1.82, 2.24) is 10.6 Å². The molecule has 0 aromatic heterocycles. The molecule has 21 heavy (non-hydrogen) atoms. The summed E-state index contributed by atoms with van der Waals surface area (Å²) in [6, 6.07) is 4.83. The van der Waals surface area contributed by atoms with Crippen LogP contribution in [0.2, 0.25) is 0 Å². The normalized spacial score (nSPS) is 15.2. The molecule has 114 valence electrons. The molecule has 2 amide bonds. The molecular formula is C15H22N4O2. The molecule has 0 aliphatic heterocycles. The van der Waals surface area contributed by atoms with Gasteiger partial charge in [-0.15, -0.1) is 0 Å². The molecule has 0 heterocycles. The lowest BCUT2D eigenvalue weighted by Crippen LogP contribution is -2.45. The highest BCUT2D eigenvalue weighted by molar-refractivity contribution is 5.98. The molecule has 2 rings (SSSR count). The number of anilines is 2. The number of nitrogens with zero attached hydrogens (tertiary/aromatic N) is 1. The first-order chi connectivity index (χ1) is 9.88. The molecule has 6 nitrogen and oxygen atoms in total. The van der Waals surface area contributed by atoms with Crippen LogP contribution in [0.15, 0.2) is 18.2 Å². The molecule has 1 atom stereocenters. The quantitative estimate of drug-likeness (QED) is 0.698. The number of nitrogens with two attached hydrogens (primary N) is 1. The Labute approximate surface area is 124 Å². The van der Waals surface area contributed by atoms with Crippen LogP contribution < -0.4 is 21.3 Å². The van der Waals surface area contributed by atoms with Gasteiger partial charge in [0.05, 0.1) is 11.4 Å². The zero-order valence-electron chi connectivity index (χ0n) is 12.6. The molecule has 1 saturated carbocycles. The molecule has 1 unspecified atom stereocenters. The summed E-state index contributed by atoms with van der Waals surface area (Å²) < 4.78 is 0. The van der Waals surface area contributed by atoms with Gasteiger partial charge in [-0.1, -0.05) is 0 Å². The van der Waals surface area contributed by atoms with Crippen molar-refractivity contribution >= 4 is 23.2 Å². The number of hydrogen-bond donors (Lipinski definition) is 3. The first-order valence-corrected chi connectivity index (χ1v) is 7.06. The highest BCUT2D eigenvalue weighted by atomic mass is 16.2. The van der Waals surface area contributed by atoms with Gasteiger partial charge in [0.1, 0.15) is 6.04 Å². The number of hydrogen-bond acceptors (Lipinski definition) is 4. The van der Waals surface area contributed by atoms with E-state index in [1.807, 2.05) is 19.0 Å². The fourth-order valence-corrected chi connectivity index (χ4v) is 2.00. The second-order valence-corrected chi connectivity index (χ2v) is 5.65. The molecule has 6 heteroatoms. The van der Waals surface area contributed by atoms with E-state index in [0.717, 1.165) is 18.5 Å². The number of nitrogens with one attached hydrogen (secondary N) is 2. The monoisotopic (exact) mass is 290 g/mol. The van der Waals surface area contributed by atoms with Gasteiger partial charge in [0, 0.05) is 25.7 Å².